The van der Waals surface area contributed by atoms with E-state index in [2.05, 4.69) is 21.8 Å². The zero-order valence-electron chi connectivity index (χ0n) is 21.5. The summed E-state index contributed by atoms with van der Waals surface area (Å²) in [5, 5.41) is 6.29. The summed E-state index contributed by atoms with van der Waals surface area (Å²) in [6.07, 6.45) is 2.34. The zero-order chi connectivity index (χ0) is 26.2. The molecule has 5 aromatic rings. The quantitative estimate of drug-likeness (QED) is 0.254. The van der Waals surface area contributed by atoms with Crippen LogP contribution in [0.25, 0.3) is 38.1 Å². The van der Waals surface area contributed by atoms with E-state index < -0.39 is 0 Å². The van der Waals surface area contributed by atoms with Gasteiger partial charge in [0.15, 0.2) is 6.61 Å². The van der Waals surface area contributed by atoms with Gasteiger partial charge >= 0.3 is 0 Å². The van der Waals surface area contributed by atoms with E-state index in [1.165, 1.54) is 0 Å². The molecule has 194 valence electrons. The first-order chi connectivity index (χ1) is 18.5. The van der Waals surface area contributed by atoms with E-state index in [1.54, 1.807) is 10.6 Å². The number of ether oxygens (including phenoxy) is 2. The van der Waals surface area contributed by atoms with Crippen LogP contribution in [-0.4, -0.2) is 66.2 Å². The predicted molar refractivity (Wildman–Crippen MR) is 149 cm³/mol. The second-order valence-electron chi connectivity index (χ2n) is 9.90. The predicted octanol–water partition coefficient (Wildman–Crippen LogP) is 3.54. The summed E-state index contributed by atoms with van der Waals surface area (Å²) in [4.78, 5) is 33.2. The number of morpholine rings is 1. The van der Waals surface area contributed by atoms with Crippen molar-refractivity contribution in [3.63, 3.8) is 0 Å². The molecule has 1 amide bonds. The Kier molecular flexibility index (Phi) is 6.43. The number of hydrogen-bond donors (Lipinski definition) is 1. The standard InChI is InChI=1S/C30H30N4O4/c1-19(2)17-23-25(38-18-26(35)31-11-12-33-13-15-37-16-14-33)8-7-24-27(23)22-9-10-32-28-20-5-3-4-6-21(20)30(36)34(24)29(22)28/h3-10H,1,11-18H2,2H3,(H,31,35). The maximum atomic E-state index is 13.6. The van der Waals surface area contributed by atoms with Crippen LogP contribution >= 0.6 is 0 Å². The van der Waals surface area contributed by atoms with Crippen LogP contribution in [0.2, 0.25) is 0 Å². The van der Waals surface area contributed by atoms with Crippen LogP contribution in [0.15, 0.2) is 65.6 Å². The first kappa shape index (κ1) is 24.3. The number of nitrogens with one attached hydrogen (secondary N) is 1. The van der Waals surface area contributed by atoms with Gasteiger partial charge in [0.25, 0.3) is 11.5 Å². The summed E-state index contributed by atoms with van der Waals surface area (Å²) in [5.41, 5.74) is 4.18. The molecule has 0 spiro atoms. The summed E-state index contributed by atoms with van der Waals surface area (Å²) in [6.45, 7) is 10.6. The van der Waals surface area contributed by atoms with E-state index in [4.69, 9.17) is 9.47 Å². The van der Waals surface area contributed by atoms with Crippen LogP contribution in [0.5, 0.6) is 5.75 Å². The zero-order valence-corrected chi connectivity index (χ0v) is 21.5. The molecule has 1 fully saturated rings. The fourth-order valence-corrected chi connectivity index (χ4v) is 5.50. The molecule has 1 N–H and O–H groups in total. The highest BCUT2D eigenvalue weighted by atomic mass is 16.5. The average molecular weight is 511 g/mol. The van der Waals surface area contributed by atoms with Crippen LogP contribution in [0.4, 0.5) is 0 Å². The number of hydrogen-bond acceptors (Lipinski definition) is 6. The molecule has 6 rings (SSSR count). The van der Waals surface area contributed by atoms with E-state index >= 15 is 0 Å². The minimum Gasteiger partial charge on any atom is -0.483 e. The largest absolute Gasteiger partial charge is 0.483 e. The minimum atomic E-state index is -0.169. The number of fused-ring (bicyclic) bond motifs is 5. The Morgan fingerprint density at radius 2 is 1.89 bits per heavy atom. The molecule has 1 saturated heterocycles. The Labute approximate surface area is 219 Å². The fourth-order valence-electron chi connectivity index (χ4n) is 5.50. The van der Waals surface area contributed by atoms with Crippen molar-refractivity contribution in [1.82, 2.24) is 19.6 Å². The van der Waals surface area contributed by atoms with E-state index in [-0.39, 0.29) is 18.1 Å². The molecule has 8 nitrogen and oxygen atoms in total. The maximum absolute atomic E-state index is 13.6. The van der Waals surface area contributed by atoms with E-state index in [0.717, 1.165) is 76.7 Å². The number of nitrogens with zero attached hydrogens (tertiary/aromatic N) is 3. The Morgan fingerprint density at radius 1 is 1.11 bits per heavy atom. The average Bonchev–Trinajstić information content (AvgIpc) is 3.27. The number of allylic oxidation sites excluding steroid dienone is 1. The van der Waals surface area contributed by atoms with Gasteiger partial charge in [0.1, 0.15) is 5.75 Å². The Balaban J connectivity index is 1.37. The van der Waals surface area contributed by atoms with Gasteiger partial charge in [-0.2, -0.15) is 0 Å². The summed E-state index contributed by atoms with van der Waals surface area (Å²) in [7, 11) is 0. The van der Waals surface area contributed by atoms with Crippen molar-refractivity contribution in [1.29, 1.82) is 0 Å². The van der Waals surface area contributed by atoms with Crippen LogP contribution in [0, 0.1) is 0 Å². The molecule has 0 atom stereocenters. The Bertz CT molecular complexity index is 1740. The molecule has 4 heterocycles. The second kappa shape index (κ2) is 10.0. The Morgan fingerprint density at radius 3 is 2.68 bits per heavy atom. The number of pyridine rings is 2. The van der Waals surface area contributed by atoms with Gasteiger partial charge in [-0.3, -0.25) is 23.9 Å². The van der Waals surface area contributed by atoms with Crippen molar-refractivity contribution in [2.45, 2.75) is 13.3 Å². The van der Waals surface area contributed by atoms with E-state index in [1.807, 2.05) is 49.4 Å². The lowest BCUT2D eigenvalue weighted by Crippen LogP contribution is -2.42. The first-order valence-corrected chi connectivity index (χ1v) is 13.0. The molecule has 38 heavy (non-hydrogen) atoms. The van der Waals surface area contributed by atoms with E-state index in [0.29, 0.717) is 24.1 Å². The topological polar surface area (TPSA) is 85.2 Å². The highest BCUT2D eigenvalue weighted by Crippen LogP contribution is 2.38. The molecule has 1 aliphatic heterocycles. The molecule has 0 radical (unpaired) electrons. The summed E-state index contributed by atoms with van der Waals surface area (Å²) >= 11 is 0. The number of carbonyl (C=O) groups is 1. The highest BCUT2D eigenvalue weighted by molar-refractivity contribution is 6.19. The fraction of sp³-hybridized carbons (Fsp3) is 0.300. The van der Waals surface area contributed by atoms with Gasteiger partial charge in [-0.1, -0.05) is 30.4 Å². The van der Waals surface area contributed by atoms with Gasteiger partial charge in [0, 0.05) is 59.5 Å². The van der Waals surface area contributed by atoms with Gasteiger partial charge in [0.05, 0.1) is 29.8 Å². The highest BCUT2D eigenvalue weighted by Gasteiger charge is 2.22. The SMILES string of the molecule is C=C(C)Cc1c(OCC(=O)NCCN2CCOCC2)ccc2c1c1ccnc3c4ccccc4c(=O)n2c13. The van der Waals surface area contributed by atoms with Gasteiger partial charge in [0.2, 0.25) is 0 Å². The van der Waals surface area contributed by atoms with Crippen molar-refractivity contribution < 1.29 is 14.3 Å². The molecular formula is C30H30N4O4. The van der Waals surface area contributed by atoms with Crippen LogP contribution in [0.3, 0.4) is 0 Å². The van der Waals surface area contributed by atoms with Gasteiger partial charge in [-0.25, -0.2) is 0 Å². The van der Waals surface area contributed by atoms with Gasteiger partial charge < -0.3 is 14.8 Å². The minimum absolute atomic E-state index is 0.0734. The molecule has 0 saturated carbocycles. The maximum Gasteiger partial charge on any atom is 0.263 e. The number of carbonyl (C=O) groups excluding carboxylic acids is 1. The van der Waals surface area contributed by atoms with Gasteiger partial charge in [-0.15, -0.1) is 0 Å². The monoisotopic (exact) mass is 510 g/mol. The summed E-state index contributed by atoms with van der Waals surface area (Å²) < 4.78 is 13.2. The summed E-state index contributed by atoms with van der Waals surface area (Å²) in [6, 6.07) is 13.3. The van der Waals surface area contributed by atoms with Crippen molar-refractivity contribution in [2.75, 3.05) is 46.0 Å². The molecule has 0 bridgehead atoms. The lowest BCUT2D eigenvalue weighted by atomic mass is 9.99. The lowest BCUT2D eigenvalue weighted by molar-refractivity contribution is -0.123. The number of amides is 1. The molecule has 0 aliphatic carbocycles. The van der Waals surface area contributed by atoms with E-state index in [9.17, 15) is 9.59 Å². The smallest absolute Gasteiger partial charge is 0.263 e. The number of aromatic nitrogens is 2. The van der Waals surface area contributed by atoms with Crippen molar-refractivity contribution >= 4 is 44.0 Å². The van der Waals surface area contributed by atoms with Crippen molar-refractivity contribution in [3.8, 4) is 5.75 Å². The normalized spacial score (nSPS) is 14.6. The van der Waals surface area contributed by atoms with Crippen LogP contribution in [0.1, 0.15) is 12.5 Å². The van der Waals surface area contributed by atoms with Crippen molar-refractivity contribution in [3.05, 3.63) is 76.7 Å². The number of rotatable bonds is 8. The summed E-state index contributed by atoms with van der Waals surface area (Å²) in [5.74, 6) is 0.447. The van der Waals surface area contributed by atoms with Crippen molar-refractivity contribution in [2.24, 2.45) is 0 Å². The lowest BCUT2D eigenvalue weighted by Gasteiger charge is -2.26. The molecule has 0 unspecified atom stereocenters. The van der Waals surface area contributed by atoms with Crippen LogP contribution < -0.4 is 15.6 Å². The second-order valence-corrected chi connectivity index (χ2v) is 9.90. The van der Waals surface area contributed by atoms with Crippen LogP contribution in [-0.2, 0) is 16.0 Å². The molecular weight excluding hydrogens is 480 g/mol. The molecule has 3 aromatic heterocycles. The molecule has 8 heteroatoms. The van der Waals surface area contributed by atoms with Gasteiger partial charge in [-0.05, 0) is 37.6 Å². The Hall–Kier alpha value is -4.01. The molecule has 1 aliphatic rings. The first-order valence-electron chi connectivity index (χ1n) is 13.0. The third kappa shape index (κ3) is 4.25. The molecule has 2 aromatic carbocycles. The third-order valence-corrected chi connectivity index (χ3v) is 7.21. The third-order valence-electron chi connectivity index (χ3n) is 7.21. The number of benzene rings is 2.